The van der Waals surface area contributed by atoms with Gasteiger partial charge >= 0.3 is 0 Å². The van der Waals surface area contributed by atoms with Crippen molar-refractivity contribution in [3.05, 3.63) is 225 Å². The third-order valence-corrected chi connectivity index (χ3v) is 11.2. The number of hydrogen-bond donors (Lipinski definition) is 0. The van der Waals surface area contributed by atoms with Crippen LogP contribution in [0.5, 0.6) is 0 Å². The molecule has 4 nitrogen and oxygen atoms in total. The maximum atomic E-state index is 9.03. The van der Waals surface area contributed by atoms with Gasteiger partial charge in [-0.1, -0.05) is 151 Å². The first-order chi connectivity index (χ1) is 33.4. The molecular formula is C54H35N4PdS-3. The van der Waals surface area contributed by atoms with Crippen LogP contribution in [0.2, 0.25) is 0 Å². The molecule has 6 heteroatoms. The van der Waals surface area contributed by atoms with Crippen LogP contribution < -0.4 is 14.7 Å². The Morgan fingerprint density at radius 3 is 1.73 bits per heavy atom. The molecule has 8 aromatic carbocycles. The Kier molecular flexibility index (Phi) is 7.52. The van der Waals surface area contributed by atoms with Crippen molar-refractivity contribution in [1.29, 1.82) is 0 Å². The van der Waals surface area contributed by atoms with Gasteiger partial charge in [0.15, 0.2) is 0 Å². The fraction of sp³-hybridized carbons (Fsp3) is 0. The van der Waals surface area contributed by atoms with Crippen molar-refractivity contribution in [2.45, 2.75) is 9.79 Å². The first-order valence-electron chi connectivity index (χ1n) is 23.9. The maximum absolute atomic E-state index is 9.03. The summed E-state index contributed by atoms with van der Waals surface area (Å²) in [5.41, 5.74) is 8.48. The van der Waals surface area contributed by atoms with Crippen LogP contribution in [-0.2, 0) is 20.4 Å². The molecule has 2 aliphatic heterocycles. The van der Waals surface area contributed by atoms with E-state index >= 15 is 0 Å². The second kappa shape index (κ2) is 16.2. The Hall–Kier alpha value is -6.68. The molecule has 1 aromatic heterocycles. The van der Waals surface area contributed by atoms with Crippen molar-refractivity contribution in [2.24, 2.45) is 0 Å². The van der Waals surface area contributed by atoms with E-state index in [-0.39, 0.29) is 48.4 Å². The van der Waals surface area contributed by atoms with Gasteiger partial charge in [-0.25, -0.2) is 4.98 Å². The minimum Gasteiger partial charge on any atom is -0.493 e. The van der Waals surface area contributed by atoms with Crippen molar-refractivity contribution in [3.63, 3.8) is 0 Å². The Morgan fingerprint density at radius 1 is 0.483 bits per heavy atom. The fourth-order valence-electron chi connectivity index (χ4n) is 7.82. The Bertz CT molecular complexity index is 3430. The average molecular weight is 888 g/mol. The number of fused-ring (bicyclic) bond motifs is 6. The van der Waals surface area contributed by atoms with E-state index in [1.807, 2.05) is 83.8 Å². The van der Waals surface area contributed by atoms with Gasteiger partial charge < -0.3 is 14.7 Å². The maximum Gasteiger partial charge on any atom is 0.135 e. The Labute approximate surface area is 383 Å². The molecule has 11 rings (SSSR count). The molecule has 0 atom stereocenters. The van der Waals surface area contributed by atoms with E-state index < -0.39 is 60.4 Å². The summed E-state index contributed by atoms with van der Waals surface area (Å²) in [6, 6.07) is 47.2. The van der Waals surface area contributed by atoms with Crippen molar-refractivity contribution in [3.8, 4) is 44.5 Å². The number of nitrogens with zero attached hydrogens (tertiary/aromatic N) is 4. The van der Waals surface area contributed by atoms with Crippen LogP contribution in [0, 0.1) is 18.8 Å². The number of para-hydroxylation sites is 4. The molecule has 0 amide bonds. The summed E-state index contributed by atoms with van der Waals surface area (Å²) in [4.78, 5) is 12.3. The molecule has 9 aromatic rings. The van der Waals surface area contributed by atoms with Gasteiger partial charge in [-0.3, -0.25) is 0 Å². The van der Waals surface area contributed by atoms with Gasteiger partial charge in [-0.05, 0) is 47.0 Å². The predicted molar refractivity (Wildman–Crippen MR) is 244 cm³/mol. The molecule has 0 N–H and O–H groups in total. The normalized spacial score (nSPS) is 14.8. The van der Waals surface area contributed by atoms with Crippen molar-refractivity contribution in [2.75, 3.05) is 14.7 Å². The largest absolute Gasteiger partial charge is 0.493 e. The monoisotopic (exact) mass is 887 g/mol. The Balaban J connectivity index is 0.00000567. The van der Waals surface area contributed by atoms with Gasteiger partial charge in [-0.15, -0.1) is 57.7 Å². The van der Waals surface area contributed by atoms with Gasteiger partial charge in [0.25, 0.3) is 0 Å². The Morgan fingerprint density at radius 2 is 1.05 bits per heavy atom. The van der Waals surface area contributed by atoms with Crippen LogP contribution in [-0.4, -0.2) is 4.98 Å². The number of hydrogen-bond acceptors (Lipinski definition) is 5. The summed E-state index contributed by atoms with van der Waals surface area (Å²) in [6.45, 7) is 1.78. The summed E-state index contributed by atoms with van der Waals surface area (Å²) < 4.78 is 87.1. The molecule has 0 bridgehead atoms. The van der Waals surface area contributed by atoms with Crippen LogP contribution in [0.4, 0.5) is 39.9 Å². The number of pyridine rings is 1. The minimum absolute atomic E-state index is 0. The molecule has 0 aliphatic carbocycles. The summed E-state index contributed by atoms with van der Waals surface area (Å²) in [5, 5.41) is 0. The van der Waals surface area contributed by atoms with Crippen molar-refractivity contribution < 1.29 is 34.1 Å². The third kappa shape index (κ3) is 6.70. The zero-order valence-electron chi connectivity index (χ0n) is 41.4. The van der Waals surface area contributed by atoms with Gasteiger partial charge in [0, 0.05) is 60.4 Å². The van der Waals surface area contributed by atoms with Gasteiger partial charge in [0.2, 0.25) is 0 Å². The van der Waals surface area contributed by atoms with E-state index in [2.05, 4.69) is 59.5 Å². The molecule has 60 heavy (non-hydrogen) atoms. The molecular weight excluding hydrogens is 843 g/mol. The zero-order chi connectivity index (χ0) is 47.8. The van der Waals surface area contributed by atoms with Crippen LogP contribution >= 0.6 is 11.8 Å². The van der Waals surface area contributed by atoms with E-state index in [0.29, 0.717) is 17.1 Å². The second-order valence-corrected chi connectivity index (χ2v) is 14.8. The standard InChI is InChI=1S/C54H35N4S.Pd/c1-3-17-38(18-4-1)43-26-16-27-44(39-19-5-2-6-20-39)54(43)57-37-56(50-29-11-12-30-51(50)57)40-21-15-22-41(35-40)59-42-32-33-48-46-24-8-7-23-45(46)47-25-9-10-28-49(47)58(52(48)36-42)53-31-13-14-34-55-53;/h1-34,37H;/q-3;/i1D,2D,3D,4D,5D,6D,17D,18D,19D,20D;. The van der Waals surface area contributed by atoms with Crippen LogP contribution in [0.15, 0.2) is 216 Å². The van der Waals surface area contributed by atoms with Gasteiger partial charge in [0.05, 0.1) is 19.4 Å². The SMILES string of the molecule is [2H]c1c([2H])c([2H])c(-c2cccc(-c3c([2H])c([2H])c([2H])c([2H])c3[2H])c2N2[CH-]N(c3[c-]c(Sc4[c-]c5c(cc4)-c4ccccc4-c4ccccc4N5c4ccccn4)ccc3)c3ccccc32)c([2H])c1[2H].[Pd]. The molecule has 290 valence electrons. The van der Waals surface area contributed by atoms with Gasteiger partial charge in [-0.2, -0.15) is 24.3 Å². The van der Waals surface area contributed by atoms with E-state index in [4.69, 9.17) is 18.7 Å². The molecule has 0 radical (unpaired) electrons. The van der Waals surface area contributed by atoms with Crippen molar-refractivity contribution in [1.82, 2.24) is 4.98 Å². The second-order valence-electron chi connectivity index (χ2n) is 13.7. The number of anilines is 7. The third-order valence-electron chi connectivity index (χ3n) is 10.3. The van der Waals surface area contributed by atoms with Crippen LogP contribution in [0.25, 0.3) is 44.5 Å². The predicted octanol–water partition coefficient (Wildman–Crippen LogP) is 14.7. The first kappa shape index (κ1) is 27.9. The molecule has 0 fully saturated rings. The fourth-order valence-corrected chi connectivity index (χ4v) is 8.65. The van der Waals surface area contributed by atoms with Crippen LogP contribution in [0.3, 0.4) is 0 Å². The minimum atomic E-state index is -0.556. The number of benzene rings is 8. The van der Waals surface area contributed by atoms with E-state index in [9.17, 15) is 0 Å². The summed E-state index contributed by atoms with van der Waals surface area (Å²) in [5.74, 6) is 0.752. The molecule has 0 unspecified atom stereocenters. The summed E-state index contributed by atoms with van der Waals surface area (Å²) >= 11 is 1.49. The molecule has 2 aliphatic rings. The van der Waals surface area contributed by atoms with E-state index in [1.165, 1.54) is 11.8 Å². The summed E-state index contributed by atoms with van der Waals surface area (Å²) in [7, 11) is 0. The zero-order valence-corrected chi connectivity index (χ0v) is 33.8. The van der Waals surface area contributed by atoms with E-state index in [1.54, 1.807) is 36.0 Å². The molecule has 3 heterocycles. The molecule has 0 saturated heterocycles. The van der Waals surface area contributed by atoms with Gasteiger partial charge in [0.1, 0.15) is 5.82 Å². The van der Waals surface area contributed by atoms with Crippen molar-refractivity contribution >= 4 is 51.7 Å². The van der Waals surface area contributed by atoms with Crippen LogP contribution in [0.1, 0.15) is 13.7 Å². The van der Waals surface area contributed by atoms with E-state index in [0.717, 1.165) is 49.2 Å². The first-order valence-corrected chi connectivity index (χ1v) is 19.7. The average Bonchev–Trinajstić information content (AvgIpc) is 3.71. The molecule has 0 saturated carbocycles. The quantitative estimate of drug-likeness (QED) is 0.117. The topological polar surface area (TPSA) is 22.6 Å². The number of rotatable bonds is 7. The number of aromatic nitrogens is 1. The summed E-state index contributed by atoms with van der Waals surface area (Å²) in [6.07, 6.45) is 1.79. The molecule has 0 spiro atoms. The smallest absolute Gasteiger partial charge is 0.135 e.